The molecule has 0 N–H and O–H groups in total. The number of esters is 2. The van der Waals surface area contributed by atoms with Crippen LogP contribution in [0.5, 0.6) is 0 Å². The first kappa shape index (κ1) is 26.5. The minimum atomic E-state index is -1.16. The second kappa shape index (κ2) is 14.4. The van der Waals surface area contributed by atoms with E-state index in [4.69, 9.17) is 9.47 Å². The van der Waals surface area contributed by atoms with E-state index in [1.807, 2.05) is 0 Å². The Bertz CT molecular complexity index is 877. The molecule has 0 aliphatic heterocycles. The van der Waals surface area contributed by atoms with Gasteiger partial charge in [0.15, 0.2) is 0 Å². The van der Waals surface area contributed by atoms with Crippen LogP contribution in [0.25, 0.3) is 0 Å². The summed E-state index contributed by atoms with van der Waals surface area (Å²) < 4.78 is 38.5. The number of hydrogen-bond acceptors (Lipinski definition) is 4. The Labute approximate surface area is 195 Å². The first-order chi connectivity index (χ1) is 16.0. The molecule has 0 spiro atoms. The van der Waals surface area contributed by atoms with Crippen LogP contribution in [0.3, 0.4) is 0 Å². The van der Waals surface area contributed by atoms with Gasteiger partial charge in [0.1, 0.15) is 17.7 Å². The van der Waals surface area contributed by atoms with E-state index in [9.17, 15) is 18.4 Å². The first-order valence-electron chi connectivity index (χ1n) is 11.9. The third-order valence-electron chi connectivity index (χ3n) is 5.54. The highest BCUT2D eigenvalue weighted by Gasteiger charge is 2.24. The van der Waals surface area contributed by atoms with Gasteiger partial charge in [-0.05, 0) is 37.6 Å². The maximum absolute atomic E-state index is 14.0. The van der Waals surface area contributed by atoms with Crippen molar-refractivity contribution in [1.29, 1.82) is 0 Å². The molecule has 1 atom stereocenters. The van der Waals surface area contributed by atoms with Crippen LogP contribution in [0, 0.1) is 11.6 Å². The second-order valence-electron chi connectivity index (χ2n) is 8.19. The summed E-state index contributed by atoms with van der Waals surface area (Å²) in [5, 5.41) is 0. The fourth-order valence-electron chi connectivity index (χ4n) is 3.68. The van der Waals surface area contributed by atoms with Crippen LogP contribution in [0.15, 0.2) is 42.5 Å². The lowest BCUT2D eigenvalue weighted by Gasteiger charge is -2.16. The predicted molar refractivity (Wildman–Crippen MR) is 124 cm³/mol. The van der Waals surface area contributed by atoms with Crippen LogP contribution in [-0.2, 0) is 9.47 Å². The molecule has 0 bridgehead atoms. The molecule has 2 rings (SSSR count). The van der Waals surface area contributed by atoms with E-state index in [1.54, 1.807) is 12.1 Å². The molecule has 0 radical (unpaired) electrons. The molecule has 0 fully saturated rings. The van der Waals surface area contributed by atoms with Crippen molar-refractivity contribution in [3.8, 4) is 0 Å². The standard InChI is InChI=1S/C27H34F2O4/c1-3-4-5-6-7-8-9-10-13-19-32-26(30)21-15-11-12-16-22(21)27(31)33-20(2)25-23(28)17-14-18-24(25)29/h11-12,14-18,20H,3-10,13,19H2,1-2H3. The third-order valence-corrected chi connectivity index (χ3v) is 5.54. The van der Waals surface area contributed by atoms with Crippen molar-refractivity contribution in [3.63, 3.8) is 0 Å². The smallest absolute Gasteiger partial charge is 0.339 e. The molecule has 0 heterocycles. The topological polar surface area (TPSA) is 52.6 Å². The number of halogens is 2. The van der Waals surface area contributed by atoms with E-state index in [0.717, 1.165) is 31.4 Å². The van der Waals surface area contributed by atoms with Crippen LogP contribution in [0.1, 0.15) is 104 Å². The van der Waals surface area contributed by atoms with Gasteiger partial charge in [-0.1, -0.05) is 76.5 Å². The number of hydrogen-bond donors (Lipinski definition) is 0. The zero-order chi connectivity index (χ0) is 24.1. The van der Waals surface area contributed by atoms with Crippen molar-refractivity contribution in [2.24, 2.45) is 0 Å². The Morgan fingerprint density at radius 2 is 1.27 bits per heavy atom. The molecule has 1 unspecified atom stereocenters. The number of benzene rings is 2. The lowest BCUT2D eigenvalue weighted by atomic mass is 10.1. The summed E-state index contributed by atoms with van der Waals surface area (Å²) in [4.78, 5) is 25.2. The quantitative estimate of drug-likeness (QED) is 0.215. The zero-order valence-electron chi connectivity index (χ0n) is 19.6. The maximum Gasteiger partial charge on any atom is 0.339 e. The number of rotatable bonds is 14. The van der Waals surface area contributed by atoms with Gasteiger partial charge in [-0.15, -0.1) is 0 Å². The van der Waals surface area contributed by atoms with Crippen LogP contribution >= 0.6 is 0 Å². The summed E-state index contributed by atoms with van der Waals surface area (Å²) in [7, 11) is 0. The molecular weight excluding hydrogens is 426 g/mol. The van der Waals surface area contributed by atoms with Gasteiger partial charge in [0.05, 0.1) is 23.3 Å². The molecule has 33 heavy (non-hydrogen) atoms. The Morgan fingerprint density at radius 3 is 1.85 bits per heavy atom. The van der Waals surface area contributed by atoms with Crippen molar-refractivity contribution in [3.05, 3.63) is 70.8 Å². The fraction of sp³-hybridized carbons (Fsp3) is 0.481. The molecule has 0 amide bonds. The van der Waals surface area contributed by atoms with E-state index in [1.165, 1.54) is 63.6 Å². The summed E-state index contributed by atoms with van der Waals surface area (Å²) in [6.45, 7) is 3.86. The molecule has 4 nitrogen and oxygen atoms in total. The summed E-state index contributed by atoms with van der Waals surface area (Å²) in [5.74, 6) is -3.07. The highest BCUT2D eigenvalue weighted by molar-refractivity contribution is 6.03. The summed E-state index contributed by atoms with van der Waals surface area (Å²) in [5.41, 5.74) is -0.269. The van der Waals surface area contributed by atoms with Crippen LogP contribution in [0.2, 0.25) is 0 Å². The van der Waals surface area contributed by atoms with Crippen LogP contribution in [-0.4, -0.2) is 18.5 Å². The highest BCUT2D eigenvalue weighted by Crippen LogP contribution is 2.25. The molecule has 6 heteroatoms. The first-order valence-corrected chi connectivity index (χ1v) is 11.9. The Morgan fingerprint density at radius 1 is 0.758 bits per heavy atom. The van der Waals surface area contributed by atoms with E-state index in [-0.39, 0.29) is 23.3 Å². The van der Waals surface area contributed by atoms with Crippen molar-refractivity contribution in [1.82, 2.24) is 0 Å². The number of unbranched alkanes of at least 4 members (excludes halogenated alkanes) is 8. The van der Waals surface area contributed by atoms with E-state index >= 15 is 0 Å². The summed E-state index contributed by atoms with van der Waals surface area (Å²) in [6.07, 6.45) is 9.23. The van der Waals surface area contributed by atoms with Gasteiger partial charge in [-0.2, -0.15) is 0 Å². The molecule has 0 saturated carbocycles. The van der Waals surface area contributed by atoms with Gasteiger partial charge >= 0.3 is 11.9 Å². The normalized spacial score (nSPS) is 11.8. The molecule has 180 valence electrons. The van der Waals surface area contributed by atoms with Crippen LogP contribution < -0.4 is 0 Å². The van der Waals surface area contributed by atoms with Gasteiger partial charge in [0.25, 0.3) is 0 Å². The molecular formula is C27H34F2O4. The lowest BCUT2D eigenvalue weighted by Crippen LogP contribution is -2.17. The van der Waals surface area contributed by atoms with Crippen molar-refractivity contribution < 1.29 is 27.8 Å². The fourth-order valence-corrected chi connectivity index (χ4v) is 3.68. The number of carbonyl (C=O) groups is 2. The molecule has 0 saturated heterocycles. The second-order valence-corrected chi connectivity index (χ2v) is 8.19. The Balaban J connectivity index is 1.84. The maximum atomic E-state index is 14.0. The average molecular weight is 461 g/mol. The van der Waals surface area contributed by atoms with E-state index in [0.29, 0.717) is 0 Å². The number of ether oxygens (including phenoxy) is 2. The largest absolute Gasteiger partial charge is 0.462 e. The molecule has 0 aliphatic carbocycles. The minimum absolute atomic E-state index is 0.00169. The van der Waals surface area contributed by atoms with E-state index < -0.39 is 29.7 Å². The van der Waals surface area contributed by atoms with Crippen molar-refractivity contribution in [2.45, 2.75) is 77.7 Å². The monoisotopic (exact) mass is 460 g/mol. The summed E-state index contributed by atoms with van der Waals surface area (Å²) in [6, 6.07) is 9.54. The average Bonchev–Trinajstić information content (AvgIpc) is 2.80. The SMILES string of the molecule is CCCCCCCCCCCOC(=O)c1ccccc1C(=O)OC(C)c1c(F)cccc1F. The number of carbonyl (C=O) groups excluding carboxylic acids is 2. The van der Waals surface area contributed by atoms with Crippen molar-refractivity contribution >= 4 is 11.9 Å². The van der Waals surface area contributed by atoms with Gasteiger partial charge in [-0.3, -0.25) is 0 Å². The van der Waals surface area contributed by atoms with Gasteiger partial charge < -0.3 is 9.47 Å². The Hall–Kier alpha value is -2.76. The molecule has 0 aliphatic rings. The van der Waals surface area contributed by atoms with Crippen molar-refractivity contribution in [2.75, 3.05) is 6.61 Å². The highest BCUT2D eigenvalue weighted by atomic mass is 19.1. The van der Waals surface area contributed by atoms with Gasteiger partial charge in [0, 0.05) is 0 Å². The van der Waals surface area contributed by atoms with Crippen LogP contribution in [0.4, 0.5) is 8.78 Å². The molecule has 0 aromatic heterocycles. The van der Waals surface area contributed by atoms with Gasteiger partial charge in [-0.25, -0.2) is 18.4 Å². The minimum Gasteiger partial charge on any atom is -0.462 e. The van der Waals surface area contributed by atoms with Gasteiger partial charge in [0.2, 0.25) is 0 Å². The zero-order valence-corrected chi connectivity index (χ0v) is 19.6. The molecule has 2 aromatic rings. The predicted octanol–water partition coefficient (Wildman–Crippen LogP) is 7.57. The van der Waals surface area contributed by atoms with E-state index in [2.05, 4.69) is 6.92 Å². The Kier molecular flexibility index (Phi) is 11.6. The lowest BCUT2D eigenvalue weighted by molar-refractivity contribution is 0.0311. The summed E-state index contributed by atoms with van der Waals surface area (Å²) >= 11 is 0. The third kappa shape index (κ3) is 8.60. The molecule has 2 aromatic carbocycles.